The molecule has 1 N–H and O–H groups in total. The monoisotopic (exact) mass is 323 g/mol. The SMILES string of the molecule is C[C@@H](CCc1ccccc1)NC(=O)/C=C\c1ccc2c(c1)OCO2. The zero-order chi connectivity index (χ0) is 16.8. The Morgan fingerprint density at radius 3 is 2.79 bits per heavy atom. The van der Waals surface area contributed by atoms with Gasteiger partial charge in [-0.2, -0.15) is 0 Å². The number of carbonyl (C=O) groups is 1. The Morgan fingerprint density at radius 1 is 1.17 bits per heavy atom. The molecule has 124 valence electrons. The van der Waals surface area contributed by atoms with Gasteiger partial charge in [-0.1, -0.05) is 36.4 Å². The van der Waals surface area contributed by atoms with E-state index in [2.05, 4.69) is 17.4 Å². The minimum atomic E-state index is -0.0896. The quantitative estimate of drug-likeness (QED) is 0.827. The zero-order valence-electron chi connectivity index (χ0n) is 13.7. The van der Waals surface area contributed by atoms with Crippen LogP contribution < -0.4 is 14.8 Å². The van der Waals surface area contributed by atoms with Crippen LogP contribution in [0, 0.1) is 0 Å². The van der Waals surface area contributed by atoms with Crippen LogP contribution in [-0.2, 0) is 11.2 Å². The molecule has 0 saturated carbocycles. The summed E-state index contributed by atoms with van der Waals surface area (Å²) in [5.41, 5.74) is 2.20. The highest BCUT2D eigenvalue weighted by Crippen LogP contribution is 2.32. The van der Waals surface area contributed by atoms with Crippen molar-refractivity contribution >= 4 is 12.0 Å². The lowest BCUT2D eigenvalue weighted by atomic mass is 10.1. The van der Waals surface area contributed by atoms with Gasteiger partial charge in [0.05, 0.1) is 0 Å². The van der Waals surface area contributed by atoms with Gasteiger partial charge in [-0.3, -0.25) is 4.79 Å². The van der Waals surface area contributed by atoms with Gasteiger partial charge in [-0.15, -0.1) is 0 Å². The van der Waals surface area contributed by atoms with Gasteiger partial charge in [0, 0.05) is 12.1 Å². The first-order valence-electron chi connectivity index (χ1n) is 8.13. The molecule has 24 heavy (non-hydrogen) atoms. The number of ether oxygens (including phenoxy) is 2. The van der Waals surface area contributed by atoms with Crippen LogP contribution in [0.3, 0.4) is 0 Å². The number of amides is 1. The predicted octanol–water partition coefficient (Wildman–Crippen LogP) is 3.57. The number of hydrogen-bond donors (Lipinski definition) is 1. The van der Waals surface area contributed by atoms with E-state index in [1.165, 1.54) is 5.56 Å². The number of carbonyl (C=O) groups excluding carboxylic acids is 1. The number of benzene rings is 2. The number of hydrogen-bond acceptors (Lipinski definition) is 3. The second-order valence-corrected chi connectivity index (χ2v) is 5.88. The second-order valence-electron chi connectivity index (χ2n) is 5.88. The maximum atomic E-state index is 12.0. The Labute approximate surface area is 142 Å². The van der Waals surface area contributed by atoms with Crippen LogP contribution in [-0.4, -0.2) is 18.7 Å². The minimum absolute atomic E-state index is 0.0896. The van der Waals surface area contributed by atoms with Gasteiger partial charge in [0.2, 0.25) is 12.7 Å². The lowest BCUT2D eigenvalue weighted by molar-refractivity contribution is -0.117. The highest BCUT2D eigenvalue weighted by Gasteiger charge is 2.12. The molecule has 1 heterocycles. The van der Waals surface area contributed by atoms with E-state index in [1.54, 1.807) is 12.2 Å². The van der Waals surface area contributed by atoms with Crippen molar-refractivity contribution < 1.29 is 14.3 Å². The van der Waals surface area contributed by atoms with Crippen LogP contribution in [0.15, 0.2) is 54.6 Å². The van der Waals surface area contributed by atoms with Gasteiger partial charge >= 0.3 is 0 Å². The van der Waals surface area contributed by atoms with E-state index < -0.39 is 0 Å². The number of fused-ring (bicyclic) bond motifs is 1. The Balaban J connectivity index is 1.48. The molecule has 0 aliphatic carbocycles. The molecule has 1 atom stereocenters. The summed E-state index contributed by atoms with van der Waals surface area (Å²) >= 11 is 0. The first kappa shape index (κ1) is 16.1. The molecule has 0 bridgehead atoms. The molecule has 0 radical (unpaired) electrons. The maximum absolute atomic E-state index is 12.0. The Hall–Kier alpha value is -2.75. The molecular formula is C20H21NO3. The average molecular weight is 323 g/mol. The largest absolute Gasteiger partial charge is 0.454 e. The molecule has 0 unspecified atom stereocenters. The fourth-order valence-corrected chi connectivity index (χ4v) is 2.58. The second kappa shape index (κ2) is 7.68. The number of nitrogens with one attached hydrogen (secondary N) is 1. The standard InChI is InChI=1S/C20H21NO3/c1-15(7-8-16-5-3-2-4-6-16)21-20(22)12-10-17-9-11-18-19(13-17)24-14-23-18/h2-6,9-13,15H,7-8,14H2,1H3,(H,21,22)/b12-10-/t15-/m0/s1. The van der Waals surface area contributed by atoms with Crippen molar-refractivity contribution in [2.24, 2.45) is 0 Å². The van der Waals surface area contributed by atoms with Crippen molar-refractivity contribution in [2.45, 2.75) is 25.8 Å². The molecule has 0 fully saturated rings. The normalized spacial score (nSPS) is 13.9. The molecular weight excluding hydrogens is 302 g/mol. The van der Waals surface area contributed by atoms with Gasteiger partial charge in [0.1, 0.15) is 0 Å². The fraction of sp³-hybridized carbons (Fsp3) is 0.250. The van der Waals surface area contributed by atoms with Crippen LogP contribution >= 0.6 is 0 Å². The number of rotatable bonds is 6. The van der Waals surface area contributed by atoms with Gasteiger partial charge in [-0.25, -0.2) is 0 Å². The molecule has 4 heteroatoms. The Morgan fingerprint density at radius 2 is 1.96 bits per heavy atom. The van der Waals surface area contributed by atoms with Gasteiger partial charge < -0.3 is 14.8 Å². The minimum Gasteiger partial charge on any atom is -0.454 e. The molecule has 1 aliphatic heterocycles. The topological polar surface area (TPSA) is 47.6 Å². The van der Waals surface area contributed by atoms with Crippen molar-refractivity contribution in [2.75, 3.05) is 6.79 Å². The first-order valence-corrected chi connectivity index (χ1v) is 8.13. The highest BCUT2D eigenvalue weighted by molar-refractivity contribution is 5.92. The molecule has 4 nitrogen and oxygen atoms in total. The van der Waals surface area contributed by atoms with Crippen LogP contribution in [0.5, 0.6) is 11.5 Å². The average Bonchev–Trinajstić information content (AvgIpc) is 3.07. The van der Waals surface area contributed by atoms with Crippen LogP contribution in [0.2, 0.25) is 0 Å². The molecule has 3 rings (SSSR count). The molecule has 2 aromatic carbocycles. The number of aryl methyl sites for hydroxylation is 1. The van der Waals surface area contributed by atoms with Gasteiger partial charge in [0.25, 0.3) is 0 Å². The molecule has 1 aliphatic rings. The van der Waals surface area contributed by atoms with Crippen molar-refractivity contribution in [3.8, 4) is 11.5 Å². The van der Waals surface area contributed by atoms with Crippen LogP contribution in [0.1, 0.15) is 24.5 Å². The lowest BCUT2D eigenvalue weighted by Crippen LogP contribution is -2.31. The van der Waals surface area contributed by atoms with Gasteiger partial charge in [0.15, 0.2) is 11.5 Å². The van der Waals surface area contributed by atoms with Crippen molar-refractivity contribution in [1.29, 1.82) is 0 Å². The van der Waals surface area contributed by atoms with Crippen molar-refractivity contribution in [3.05, 3.63) is 65.7 Å². The summed E-state index contributed by atoms with van der Waals surface area (Å²) in [6, 6.07) is 16.0. The van der Waals surface area contributed by atoms with Crippen LogP contribution in [0.25, 0.3) is 6.08 Å². The summed E-state index contributed by atoms with van der Waals surface area (Å²) in [5, 5.41) is 2.99. The summed E-state index contributed by atoms with van der Waals surface area (Å²) in [7, 11) is 0. The zero-order valence-corrected chi connectivity index (χ0v) is 13.7. The summed E-state index contributed by atoms with van der Waals surface area (Å²) < 4.78 is 10.6. The van der Waals surface area contributed by atoms with Crippen molar-refractivity contribution in [3.63, 3.8) is 0 Å². The maximum Gasteiger partial charge on any atom is 0.244 e. The van der Waals surface area contributed by atoms with Gasteiger partial charge in [-0.05, 0) is 49.1 Å². The Bertz CT molecular complexity index is 725. The fourth-order valence-electron chi connectivity index (χ4n) is 2.58. The molecule has 1 amide bonds. The molecule has 0 aromatic heterocycles. The van der Waals surface area contributed by atoms with Crippen molar-refractivity contribution in [1.82, 2.24) is 5.32 Å². The Kier molecular flexibility index (Phi) is 5.16. The van der Waals surface area contributed by atoms with E-state index in [9.17, 15) is 4.79 Å². The van der Waals surface area contributed by atoms with E-state index >= 15 is 0 Å². The molecule has 0 spiro atoms. The smallest absolute Gasteiger partial charge is 0.244 e. The van der Waals surface area contributed by atoms with E-state index in [1.807, 2.05) is 43.3 Å². The third-order valence-electron chi connectivity index (χ3n) is 3.92. The van der Waals surface area contributed by atoms with E-state index in [0.717, 1.165) is 24.2 Å². The van der Waals surface area contributed by atoms with E-state index in [4.69, 9.17) is 9.47 Å². The lowest BCUT2D eigenvalue weighted by Gasteiger charge is -2.12. The highest BCUT2D eigenvalue weighted by atomic mass is 16.7. The predicted molar refractivity (Wildman–Crippen MR) is 94.0 cm³/mol. The molecule has 0 saturated heterocycles. The van der Waals surface area contributed by atoms with E-state index in [-0.39, 0.29) is 18.7 Å². The summed E-state index contributed by atoms with van der Waals surface area (Å²) in [6.07, 6.45) is 5.19. The molecule has 2 aromatic rings. The third-order valence-corrected chi connectivity index (χ3v) is 3.92. The summed E-state index contributed by atoms with van der Waals surface area (Å²) in [4.78, 5) is 12.0. The third kappa shape index (κ3) is 4.38. The van der Waals surface area contributed by atoms with Crippen LogP contribution in [0.4, 0.5) is 0 Å². The summed E-state index contributed by atoms with van der Waals surface area (Å²) in [6.45, 7) is 2.27. The van der Waals surface area contributed by atoms with E-state index in [0.29, 0.717) is 5.75 Å². The first-order chi connectivity index (χ1) is 11.7. The summed E-state index contributed by atoms with van der Waals surface area (Å²) in [5.74, 6) is 1.37.